The molecule has 0 saturated heterocycles. The Kier molecular flexibility index (Phi) is 7.75. The molecule has 0 saturated carbocycles. The van der Waals surface area contributed by atoms with E-state index in [-0.39, 0.29) is 24.5 Å². The minimum absolute atomic E-state index is 0.0696. The first-order valence-electron chi connectivity index (χ1n) is 11.6. The van der Waals surface area contributed by atoms with E-state index < -0.39 is 18.0 Å². The maximum atomic E-state index is 13.4. The van der Waals surface area contributed by atoms with E-state index in [1.807, 2.05) is 55.5 Å². The van der Waals surface area contributed by atoms with Gasteiger partial charge in [-0.05, 0) is 40.5 Å². The van der Waals surface area contributed by atoms with Crippen LogP contribution in [0.3, 0.4) is 0 Å². The average molecular weight is 512 g/mol. The maximum Gasteiger partial charge on any atom is 0.451 e. The Labute approximate surface area is 210 Å². The molecule has 0 fully saturated rings. The number of carbonyl (C=O) groups is 1. The van der Waals surface area contributed by atoms with Gasteiger partial charge in [0.2, 0.25) is 5.82 Å². The monoisotopic (exact) mass is 511 g/mol. The Morgan fingerprint density at radius 1 is 1.05 bits per heavy atom. The SMILES string of the molecule is CCCN(Cc1ccc(-c2ccccc2-c2nnn[nH]2)cc1)c1nc(C(F)(F)F)ncc1C(=O)OCC. The third kappa shape index (κ3) is 5.90. The van der Waals surface area contributed by atoms with E-state index >= 15 is 0 Å². The van der Waals surface area contributed by atoms with E-state index in [4.69, 9.17) is 4.74 Å². The van der Waals surface area contributed by atoms with Crippen LogP contribution in [0, 0.1) is 0 Å². The smallest absolute Gasteiger partial charge is 0.451 e. The molecule has 0 spiro atoms. The molecule has 0 unspecified atom stereocenters. The van der Waals surface area contributed by atoms with Gasteiger partial charge >= 0.3 is 12.1 Å². The number of aromatic nitrogens is 6. The summed E-state index contributed by atoms with van der Waals surface area (Å²) in [5.41, 5.74) is 3.35. The van der Waals surface area contributed by atoms with Crippen molar-refractivity contribution in [1.82, 2.24) is 30.6 Å². The van der Waals surface area contributed by atoms with Gasteiger partial charge in [-0.3, -0.25) is 0 Å². The molecule has 0 aliphatic carbocycles. The second kappa shape index (κ2) is 11.1. The number of benzene rings is 2. The van der Waals surface area contributed by atoms with E-state index in [0.29, 0.717) is 18.8 Å². The van der Waals surface area contributed by atoms with E-state index in [2.05, 4.69) is 30.6 Å². The van der Waals surface area contributed by atoms with Crippen molar-refractivity contribution in [3.05, 3.63) is 71.7 Å². The summed E-state index contributed by atoms with van der Waals surface area (Å²) in [6.07, 6.45) is -3.26. The molecule has 4 aromatic rings. The van der Waals surface area contributed by atoms with E-state index in [1.165, 1.54) is 0 Å². The van der Waals surface area contributed by atoms with Gasteiger partial charge in [-0.2, -0.15) is 13.2 Å². The minimum Gasteiger partial charge on any atom is -0.462 e. The molecule has 2 aromatic heterocycles. The number of aromatic amines is 1. The molecule has 0 bridgehead atoms. The summed E-state index contributed by atoms with van der Waals surface area (Å²) in [5.74, 6) is -1.67. The number of nitrogens with zero attached hydrogens (tertiary/aromatic N) is 6. The molecule has 0 aliphatic rings. The Bertz CT molecular complexity index is 1340. The molecule has 4 rings (SSSR count). The summed E-state index contributed by atoms with van der Waals surface area (Å²) in [7, 11) is 0. The van der Waals surface area contributed by atoms with Gasteiger partial charge in [0.25, 0.3) is 0 Å². The number of ether oxygens (including phenoxy) is 1. The summed E-state index contributed by atoms with van der Waals surface area (Å²) >= 11 is 0. The molecule has 1 N–H and O–H groups in total. The van der Waals surface area contributed by atoms with Crippen LogP contribution in [-0.2, 0) is 17.5 Å². The number of rotatable bonds is 9. The Hall–Kier alpha value is -4.35. The summed E-state index contributed by atoms with van der Waals surface area (Å²) in [5, 5.41) is 14.0. The fraction of sp³-hybridized carbons (Fsp3) is 0.280. The Morgan fingerprint density at radius 2 is 1.78 bits per heavy atom. The van der Waals surface area contributed by atoms with Gasteiger partial charge < -0.3 is 9.64 Å². The minimum atomic E-state index is -4.76. The van der Waals surface area contributed by atoms with E-state index in [9.17, 15) is 18.0 Å². The molecule has 37 heavy (non-hydrogen) atoms. The van der Waals surface area contributed by atoms with Crippen LogP contribution in [-0.4, -0.2) is 49.7 Å². The number of esters is 1. The summed E-state index contributed by atoms with van der Waals surface area (Å²) < 4.78 is 45.2. The largest absolute Gasteiger partial charge is 0.462 e. The third-order valence-corrected chi connectivity index (χ3v) is 5.48. The normalized spacial score (nSPS) is 11.4. The van der Waals surface area contributed by atoms with Gasteiger partial charge in [-0.25, -0.2) is 19.9 Å². The van der Waals surface area contributed by atoms with Crippen molar-refractivity contribution in [3.63, 3.8) is 0 Å². The van der Waals surface area contributed by atoms with Crippen molar-refractivity contribution in [2.75, 3.05) is 18.1 Å². The molecule has 192 valence electrons. The van der Waals surface area contributed by atoms with Crippen LogP contribution >= 0.6 is 0 Å². The lowest BCUT2D eigenvalue weighted by molar-refractivity contribution is -0.144. The molecule has 0 amide bonds. The number of hydrogen-bond donors (Lipinski definition) is 1. The highest BCUT2D eigenvalue weighted by atomic mass is 19.4. The first-order valence-corrected chi connectivity index (χ1v) is 11.6. The molecule has 12 heteroatoms. The van der Waals surface area contributed by atoms with Crippen LogP contribution < -0.4 is 4.90 Å². The first kappa shape index (κ1) is 25.7. The predicted molar refractivity (Wildman–Crippen MR) is 129 cm³/mol. The topological polar surface area (TPSA) is 110 Å². The lowest BCUT2D eigenvalue weighted by Crippen LogP contribution is -2.28. The van der Waals surface area contributed by atoms with Gasteiger partial charge in [0, 0.05) is 24.8 Å². The Morgan fingerprint density at radius 3 is 2.41 bits per heavy atom. The maximum absolute atomic E-state index is 13.4. The number of tetrazole rings is 1. The lowest BCUT2D eigenvalue weighted by Gasteiger charge is -2.25. The van der Waals surface area contributed by atoms with Crippen LogP contribution in [0.2, 0.25) is 0 Å². The third-order valence-electron chi connectivity index (χ3n) is 5.48. The molecular formula is C25H24F3N7O2. The number of anilines is 1. The molecule has 2 aromatic carbocycles. The van der Waals surface area contributed by atoms with Gasteiger partial charge in [0.05, 0.1) is 6.61 Å². The van der Waals surface area contributed by atoms with Crippen LogP contribution in [0.5, 0.6) is 0 Å². The zero-order valence-electron chi connectivity index (χ0n) is 20.2. The molecular weight excluding hydrogens is 487 g/mol. The zero-order valence-corrected chi connectivity index (χ0v) is 20.2. The zero-order chi connectivity index (χ0) is 26.4. The fourth-order valence-electron chi connectivity index (χ4n) is 3.86. The van der Waals surface area contributed by atoms with Crippen LogP contribution in [0.4, 0.5) is 19.0 Å². The van der Waals surface area contributed by atoms with E-state index in [0.717, 1.165) is 28.5 Å². The highest BCUT2D eigenvalue weighted by Gasteiger charge is 2.36. The quantitative estimate of drug-likeness (QED) is 0.315. The molecule has 0 atom stereocenters. The first-order chi connectivity index (χ1) is 17.8. The van der Waals surface area contributed by atoms with Gasteiger partial charge in [-0.15, -0.1) is 5.10 Å². The standard InChI is InChI=1S/C25H24F3N7O2/c1-3-13-35(22-20(23(36)37-4-2)14-29-24(30-22)25(26,27)28)15-16-9-11-17(12-10-16)18-7-5-6-8-19(18)21-31-33-34-32-21/h5-12,14H,3-4,13,15H2,1-2H3,(H,31,32,33,34). The number of alkyl halides is 3. The number of nitrogens with one attached hydrogen (secondary N) is 1. The molecule has 0 radical (unpaired) electrons. The van der Waals surface area contributed by atoms with Crippen molar-refractivity contribution in [2.45, 2.75) is 33.0 Å². The fourth-order valence-corrected chi connectivity index (χ4v) is 3.86. The van der Waals surface area contributed by atoms with Gasteiger partial charge in [0.1, 0.15) is 11.4 Å². The average Bonchev–Trinajstić information content (AvgIpc) is 3.43. The molecule has 9 nitrogen and oxygen atoms in total. The summed E-state index contributed by atoms with van der Waals surface area (Å²) in [4.78, 5) is 21.2. The predicted octanol–water partition coefficient (Wildman–Crippen LogP) is 4.94. The van der Waals surface area contributed by atoms with Crippen molar-refractivity contribution < 1.29 is 22.7 Å². The summed E-state index contributed by atoms with van der Waals surface area (Å²) in [6.45, 7) is 4.17. The number of H-pyrrole nitrogens is 1. The van der Waals surface area contributed by atoms with Gasteiger partial charge in [0.15, 0.2) is 5.82 Å². The van der Waals surface area contributed by atoms with Crippen LogP contribution in [0.15, 0.2) is 54.7 Å². The van der Waals surface area contributed by atoms with Gasteiger partial charge in [-0.1, -0.05) is 55.5 Å². The molecule has 0 aliphatic heterocycles. The highest BCUT2D eigenvalue weighted by Crippen LogP contribution is 2.32. The number of hydrogen-bond acceptors (Lipinski definition) is 8. The number of halogens is 3. The summed E-state index contributed by atoms with van der Waals surface area (Å²) in [6, 6.07) is 15.2. The number of carbonyl (C=O) groups excluding carboxylic acids is 1. The second-order valence-corrected chi connectivity index (χ2v) is 8.06. The van der Waals surface area contributed by atoms with Crippen molar-refractivity contribution >= 4 is 11.8 Å². The van der Waals surface area contributed by atoms with Crippen LogP contribution in [0.1, 0.15) is 42.0 Å². The van der Waals surface area contributed by atoms with Crippen LogP contribution in [0.25, 0.3) is 22.5 Å². The second-order valence-electron chi connectivity index (χ2n) is 8.06. The van der Waals surface area contributed by atoms with E-state index in [1.54, 1.807) is 11.8 Å². The van der Waals surface area contributed by atoms with Crippen molar-refractivity contribution in [3.8, 4) is 22.5 Å². The van der Waals surface area contributed by atoms with Crippen molar-refractivity contribution in [2.24, 2.45) is 0 Å². The lowest BCUT2D eigenvalue weighted by atomic mass is 9.98. The van der Waals surface area contributed by atoms with Crippen molar-refractivity contribution in [1.29, 1.82) is 0 Å². The molecule has 2 heterocycles. The Balaban J connectivity index is 1.67. The highest BCUT2D eigenvalue weighted by molar-refractivity contribution is 5.94.